The van der Waals surface area contributed by atoms with Crippen molar-refractivity contribution in [3.05, 3.63) is 29.8 Å². The molecule has 2 rings (SSSR count). The van der Waals surface area contributed by atoms with Crippen LogP contribution in [0.2, 0.25) is 0 Å². The van der Waals surface area contributed by atoms with Crippen molar-refractivity contribution in [3.8, 4) is 11.8 Å². The second-order valence-electron chi connectivity index (χ2n) is 5.82. The molecule has 0 spiro atoms. The maximum atomic E-state index is 10.8. The molecule has 1 atom stereocenters. The van der Waals surface area contributed by atoms with Crippen LogP contribution in [0.15, 0.2) is 24.3 Å². The molecule has 0 radical (unpaired) electrons. The van der Waals surface area contributed by atoms with Gasteiger partial charge in [0.15, 0.2) is 0 Å². The summed E-state index contributed by atoms with van der Waals surface area (Å²) < 4.78 is 5.59. The molecular formula is C17H23NO2. The molecule has 0 heterocycles. The van der Waals surface area contributed by atoms with Crippen LogP contribution in [0.3, 0.4) is 0 Å². The number of ether oxygens (including phenoxy) is 1. The molecule has 1 N–H and O–H groups in total. The van der Waals surface area contributed by atoms with Gasteiger partial charge in [-0.25, -0.2) is 0 Å². The van der Waals surface area contributed by atoms with Crippen molar-refractivity contribution in [2.24, 2.45) is 11.3 Å². The van der Waals surface area contributed by atoms with Crippen LogP contribution in [-0.2, 0) is 0 Å². The highest BCUT2D eigenvalue weighted by Gasteiger charge is 2.42. The molecule has 1 fully saturated rings. The summed E-state index contributed by atoms with van der Waals surface area (Å²) in [6.45, 7) is 4.69. The molecular weight excluding hydrogens is 250 g/mol. The third kappa shape index (κ3) is 2.81. The Labute approximate surface area is 121 Å². The van der Waals surface area contributed by atoms with Crippen molar-refractivity contribution in [3.63, 3.8) is 0 Å². The molecule has 1 saturated carbocycles. The zero-order valence-corrected chi connectivity index (χ0v) is 12.3. The minimum atomic E-state index is -0.775. The first-order valence-corrected chi connectivity index (χ1v) is 7.44. The first kappa shape index (κ1) is 14.9. The zero-order valence-electron chi connectivity index (χ0n) is 12.3. The van der Waals surface area contributed by atoms with E-state index in [0.29, 0.717) is 18.3 Å². The third-order valence-electron chi connectivity index (χ3n) is 4.43. The first-order chi connectivity index (χ1) is 9.63. The SMILES string of the molecule is CCOc1ccccc1C(O)C1(C#N)CCC(C)CC1. The summed E-state index contributed by atoms with van der Waals surface area (Å²) in [7, 11) is 0. The minimum Gasteiger partial charge on any atom is -0.493 e. The Kier molecular flexibility index (Phi) is 4.67. The van der Waals surface area contributed by atoms with Crippen molar-refractivity contribution in [1.82, 2.24) is 0 Å². The molecule has 1 aliphatic rings. The van der Waals surface area contributed by atoms with E-state index < -0.39 is 11.5 Å². The number of nitrogens with zero attached hydrogens (tertiary/aromatic N) is 1. The van der Waals surface area contributed by atoms with Crippen LogP contribution in [0.1, 0.15) is 51.2 Å². The summed E-state index contributed by atoms with van der Waals surface area (Å²) in [5, 5.41) is 20.4. The lowest BCUT2D eigenvalue weighted by atomic mass is 9.67. The van der Waals surface area contributed by atoms with Crippen molar-refractivity contribution >= 4 is 0 Å². The number of para-hydroxylation sites is 1. The number of hydrogen-bond acceptors (Lipinski definition) is 3. The van der Waals surface area contributed by atoms with E-state index in [1.165, 1.54) is 0 Å². The second kappa shape index (κ2) is 6.28. The Morgan fingerprint density at radius 2 is 2.05 bits per heavy atom. The zero-order chi connectivity index (χ0) is 14.6. The van der Waals surface area contributed by atoms with E-state index >= 15 is 0 Å². The van der Waals surface area contributed by atoms with Gasteiger partial charge in [0.25, 0.3) is 0 Å². The Balaban J connectivity index is 2.29. The Hall–Kier alpha value is -1.53. The number of benzene rings is 1. The summed E-state index contributed by atoms with van der Waals surface area (Å²) in [5.41, 5.74) is 0.0742. The molecule has 20 heavy (non-hydrogen) atoms. The number of aliphatic hydroxyl groups is 1. The Bertz CT molecular complexity index is 484. The van der Waals surface area contributed by atoms with Crippen molar-refractivity contribution in [2.45, 2.75) is 45.6 Å². The molecule has 0 amide bonds. The number of nitriles is 1. The van der Waals surface area contributed by atoms with Gasteiger partial charge in [0.2, 0.25) is 0 Å². The van der Waals surface area contributed by atoms with E-state index in [2.05, 4.69) is 13.0 Å². The quantitative estimate of drug-likeness (QED) is 0.906. The van der Waals surface area contributed by atoms with E-state index in [1.54, 1.807) is 0 Å². The van der Waals surface area contributed by atoms with Crippen LogP contribution in [0.25, 0.3) is 0 Å². The van der Waals surface area contributed by atoms with E-state index in [1.807, 2.05) is 31.2 Å². The van der Waals surface area contributed by atoms with Gasteiger partial charge in [-0.3, -0.25) is 0 Å². The highest BCUT2D eigenvalue weighted by Crippen LogP contribution is 2.48. The van der Waals surface area contributed by atoms with Gasteiger partial charge in [0, 0.05) is 5.56 Å². The standard InChI is InChI=1S/C17H23NO2/c1-3-20-15-7-5-4-6-14(15)16(19)17(12-18)10-8-13(2)9-11-17/h4-7,13,16,19H,3,8-11H2,1-2H3. The summed E-state index contributed by atoms with van der Waals surface area (Å²) in [5.74, 6) is 1.33. The van der Waals surface area contributed by atoms with Gasteiger partial charge < -0.3 is 9.84 Å². The van der Waals surface area contributed by atoms with Crippen LogP contribution in [0.4, 0.5) is 0 Å². The molecule has 3 heteroatoms. The molecule has 0 saturated heterocycles. The molecule has 0 aromatic heterocycles. The van der Waals surface area contributed by atoms with Crippen LogP contribution >= 0.6 is 0 Å². The smallest absolute Gasteiger partial charge is 0.125 e. The summed E-state index contributed by atoms with van der Waals surface area (Å²) in [6, 6.07) is 9.91. The fourth-order valence-corrected chi connectivity index (χ4v) is 3.01. The monoisotopic (exact) mass is 273 g/mol. The first-order valence-electron chi connectivity index (χ1n) is 7.44. The molecule has 1 aliphatic carbocycles. The third-order valence-corrected chi connectivity index (χ3v) is 4.43. The highest BCUT2D eigenvalue weighted by atomic mass is 16.5. The van der Waals surface area contributed by atoms with Crippen LogP contribution < -0.4 is 4.74 Å². The molecule has 108 valence electrons. The Morgan fingerprint density at radius 3 is 2.65 bits per heavy atom. The molecule has 1 unspecified atom stereocenters. The predicted octanol–water partition coefficient (Wildman–Crippen LogP) is 3.84. The summed E-state index contributed by atoms with van der Waals surface area (Å²) in [6.07, 6.45) is 2.74. The van der Waals surface area contributed by atoms with Crippen LogP contribution in [0, 0.1) is 22.7 Å². The maximum absolute atomic E-state index is 10.8. The van der Waals surface area contributed by atoms with Crippen molar-refractivity contribution in [2.75, 3.05) is 6.61 Å². The lowest BCUT2D eigenvalue weighted by Crippen LogP contribution is -2.32. The van der Waals surface area contributed by atoms with Gasteiger partial charge in [0.05, 0.1) is 18.1 Å². The number of aliphatic hydroxyl groups excluding tert-OH is 1. The predicted molar refractivity (Wildman–Crippen MR) is 78.2 cm³/mol. The summed E-state index contributed by atoms with van der Waals surface area (Å²) in [4.78, 5) is 0. The molecule has 3 nitrogen and oxygen atoms in total. The van der Waals surface area contributed by atoms with E-state index in [0.717, 1.165) is 31.2 Å². The molecule has 1 aromatic rings. The lowest BCUT2D eigenvalue weighted by molar-refractivity contribution is 0.0247. The van der Waals surface area contributed by atoms with Gasteiger partial charge in [-0.15, -0.1) is 0 Å². The second-order valence-corrected chi connectivity index (χ2v) is 5.82. The number of rotatable bonds is 4. The molecule has 0 aliphatic heterocycles. The average Bonchev–Trinajstić information content (AvgIpc) is 2.49. The summed E-state index contributed by atoms with van der Waals surface area (Å²) >= 11 is 0. The fraction of sp³-hybridized carbons (Fsp3) is 0.588. The van der Waals surface area contributed by atoms with Crippen LogP contribution in [-0.4, -0.2) is 11.7 Å². The van der Waals surface area contributed by atoms with Crippen LogP contribution in [0.5, 0.6) is 5.75 Å². The lowest BCUT2D eigenvalue weighted by Gasteiger charge is -2.37. The molecule has 0 bridgehead atoms. The Morgan fingerprint density at radius 1 is 1.40 bits per heavy atom. The van der Waals surface area contributed by atoms with Gasteiger partial charge in [-0.2, -0.15) is 5.26 Å². The molecule has 1 aromatic carbocycles. The minimum absolute atomic E-state index is 0.556. The highest BCUT2D eigenvalue weighted by molar-refractivity contribution is 5.37. The van der Waals surface area contributed by atoms with Gasteiger partial charge in [-0.1, -0.05) is 25.1 Å². The van der Waals surface area contributed by atoms with Gasteiger partial charge >= 0.3 is 0 Å². The largest absolute Gasteiger partial charge is 0.493 e. The topological polar surface area (TPSA) is 53.2 Å². The number of hydrogen-bond donors (Lipinski definition) is 1. The normalized spacial score (nSPS) is 27.6. The van der Waals surface area contributed by atoms with Crippen molar-refractivity contribution < 1.29 is 9.84 Å². The van der Waals surface area contributed by atoms with E-state index in [4.69, 9.17) is 4.74 Å². The van der Waals surface area contributed by atoms with Gasteiger partial charge in [-0.05, 0) is 44.6 Å². The van der Waals surface area contributed by atoms with Crippen molar-refractivity contribution in [1.29, 1.82) is 5.26 Å². The maximum Gasteiger partial charge on any atom is 0.125 e. The van der Waals surface area contributed by atoms with Gasteiger partial charge in [0.1, 0.15) is 11.9 Å². The van der Waals surface area contributed by atoms with E-state index in [9.17, 15) is 10.4 Å². The fourth-order valence-electron chi connectivity index (χ4n) is 3.01. The average molecular weight is 273 g/mol. The van der Waals surface area contributed by atoms with E-state index in [-0.39, 0.29) is 0 Å².